The van der Waals surface area contributed by atoms with Crippen LogP contribution in [0.3, 0.4) is 0 Å². The van der Waals surface area contributed by atoms with Crippen LogP contribution in [0.1, 0.15) is 18.6 Å². The van der Waals surface area contributed by atoms with Crippen molar-refractivity contribution in [3.05, 3.63) is 52.4 Å². The van der Waals surface area contributed by atoms with E-state index in [9.17, 15) is 9.90 Å². The summed E-state index contributed by atoms with van der Waals surface area (Å²) in [6, 6.07) is 6.51. The van der Waals surface area contributed by atoms with Gasteiger partial charge in [-0.25, -0.2) is 0 Å². The molecule has 0 aliphatic rings. The Bertz CT molecular complexity index is 476. The van der Waals surface area contributed by atoms with Crippen molar-refractivity contribution in [2.75, 3.05) is 0 Å². The van der Waals surface area contributed by atoms with E-state index in [4.69, 9.17) is 5.53 Å². The average Bonchev–Trinajstić information content (AvgIpc) is 2.28. The molecule has 0 fully saturated rings. The van der Waals surface area contributed by atoms with Crippen LogP contribution in [0.5, 0.6) is 0 Å². The van der Waals surface area contributed by atoms with Gasteiger partial charge in [0.25, 0.3) is 0 Å². The molecule has 82 valence electrons. The second kappa shape index (κ2) is 5.11. The molecule has 0 radical (unpaired) electrons. The standard InChI is InChI=1S/C11H11N3O2/c1-7(8(2)15)11(16)9-5-3-4-6-10(9)13-14-12/h3-6,11,16H,1H2,2H3. The molecule has 1 aromatic carbocycles. The van der Waals surface area contributed by atoms with E-state index < -0.39 is 6.10 Å². The highest BCUT2D eigenvalue weighted by molar-refractivity contribution is 5.94. The van der Waals surface area contributed by atoms with E-state index in [2.05, 4.69) is 16.6 Å². The van der Waals surface area contributed by atoms with Crippen molar-refractivity contribution in [3.8, 4) is 0 Å². The van der Waals surface area contributed by atoms with Gasteiger partial charge in [-0.2, -0.15) is 0 Å². The van der Waals surface area contributed by atoms with E-state index in [0.717, 1.165) is 0 Å². The predicted molar refractivity (Wildman–Crippen MR) is 60.0 cm³/mol. The summed E-state index contributed by atoms with van der Waals surface area (Å²) in [6.07, 6.45) is -1.14. The van der Waals surface area contributed by atoms with Crippen molar-refractivity contribution < 1.29 is 9.90 Å². The number of ketones is 1. The molecule has 0 saturated carbocycles. The third-order valence-corrected chi connectivity index (χ3v) is 2.17. The fourth-order valence-corrected chi connectivity index (χ4v) is 1.24. The van der Waals surface area contributed by atoms with Crippen LogP contribution in [0, 0.1) is 0 Å². The normalized spacial score (nSPS) is 11.4. The van der Waals surface area contributed by atoms with Gasteiger partial charge in [-0.1, -0.05) is 36.0 Å². The number of Topliss-reactive ketones (excluding diaryl/α,β-unsaturated/α-hetero) is 1. The number of carbonyl (C=O) groups excluding carboxylic acids is 1. The Kier molecular flexibility index (Phi) is 3.83. The molecule has 0 bridgehead atoms. The maximum absolute atomic E-state index is 11.1. The number of carbonyl (C=O) groups is 1. The van der Waals surface area contributed by atoms with Gasteiger partial charge in [0, 0.05) is 16.2 Å². The number of aliphatic hydroxyl groups is 1. The van der Waals surface area contributed by atoms with Crippen molar-refractivity contribution in [1.82, 2.24) is 0 Å². The molecule has 1 aromatic rings. The van der Waals surface area contributed by atoms with Crippen LogP contribution in [0.15, 0.2) is 41.5 Å². The Morgan fingerprint density at radius 1 is 1.56 bits per heavy atom. The van der Waals surface area contributed by atoms with Gasteiger partial charge in [0.05, 0.1) is 0 Å². The first-order valence-corrected chi connectivity index (χ1v) is 4.59. The first-order valence-electron chi connectivity index (χ1n) is 4.59. The van der Waals surface area contributed by atoms with Crippen molar-refractivity contribution in [1.29, 1.82) is 0 Å². The lowest BCUT2D eigenvalue weighted by atomic mass is 9.99. The monoisotopic (exact) mass is 217 g/mol. The maximum Gasteiger partial charge on any atom is 0.158 e. The minimum Gasteiger partial charge on any atom is -0.384 e. The van der Waals surface area contributed by atoms with Gasteiger partial charge in [-0.15, -0.1) is 0 Å². The van der Waals surface area contributed by atoms with Crippen LogP contribution >= 0.6 is 0 Å². The second-order valence-corrected chi connectivity index (χ2v) is 3.23. The van der Waals surface area contributed by atoms with Crippen molar-refractivity contribution in [2.45, 2.75) is 13.0 Å². The molecule has 16 heavy (non-hydrogen) atoms. The largest absolute Gasteiger partial charge is 0.384 e. The molecule has 5 nitrogen and oxygen atoms in total. The van der Waals surface area contributed by atoms with Gasteiger partial charge in [0.2, 0.25) is 0 Å². The lowest BCUT2D eigenvalue weighted by Gasteiger charge is -2.13. The Morgan fingerprint density at radius 3 is 2.75 bits per heavy atom. The summed E-state index contributed by atoms with van der Waals surface area (Å²) in [5.74, 6) is -0.303. The molecule has 1 unspecified atom stereocenters. The highest BCUT2D eigenvalue weighted by atomic mass is 16.3. The molecular formula is C11H11N3O2. The van der Waals surface area contributed by atoms with E-state index in [1.54, 1.807) is 24.3 Å². The van der Waals surface area contributed by atoms with Crippen LogP contribution in [-0.2, 0) is 4.79 Å². The number of hydrogen-bond acceptors (Lipinski definition) is 3. The number of benzene rings is 1. The summed E-state index contributed by atoms with van der Waals surface area (Å²) in [7, 11) is 0. The lowest BCUT2D eigenvalue weighted by molar-refractivity contribution is -0.114. The van der Waals surface area contributed by atoms with Gasteiger partial charge in [-0.05, 0) is 18.0 Å². The third kappa shape index (κ3) is 2.48. The fourth-order valence-electron chi connectivity index (χ4n) is 1.24. The molecule has 1 rings (SSSR count). The van der Waals surface area contributed by atoms with E-state index in [1.165, 1.54) is 6.92 Å². The van der Waals surface area contributed by atoms with Gasteiger partial charge in [-0.3, -0.25) is 4.79 Å². The van der Waals surface area contributed by atoms with Crippen molar-refractivity contribution in [3.63, 3.8) is 0 Å². The zero-order valence-electron chi connectivity index (χ0n) is 8.79. The zero-order chi connectivity index (χ0) is 12.1. The van der Waals surface area contributed by atoms with Crippen molar-refractivity contribution in [2.24, 2.45) is 5.11 Å². The lowest BCUT2D eigenvalue weighted by Crippen LogP contribution is -2.07. The van der Waals surface area contributed by atoms with Crippen LogP contribution < -0.4 is 0 Å². The summed E-state index contributed by atoms with van der Waals surface area (Å²) >= 11 is 0. The molecular weight excluding hydrogens is 206 g/mol. The molecule has 0 saturated heterocycles. The number of rotatable bonds is 4. The van der Waals surface area contributed by atoms with E-state index >= 15 is 0 Å². The SMILES string of the molecule is C=C(C(C)=O)C(O)c1ccccc1N=[N+]=[N-]. The molecule has 5 heteroatoms. The number of nitrogens with zero attached hydrogens (tertiary/aromatic N) is 3. The Hall–Kier alpha value is -2.10. The highest BCUT2D eigenvalue weighted by Gasteiger charge is 2.17. The van der Waals surface area contributed by atoms with Gasteiger partial charge in [0.1, 0.15) is 6.10 Å². The van der Waals surface area contributed by atoms with Gasteiger partial charge in [0.15, 0.2) is 5.78 Å². The fraction of sp³-hybridized carbons (Fsp3) is 0.182. The highest BCUT2D eigenvalue weighted by Crippen LogP contribution is 2.29. The average molecular weight is 217 g/mol. The quantitative estimate of drug-likeness (QED) is 0.364. The van der Waals surface area contributed by atoms with Gasteiger partial charge >= 0.3 is 0 Å². The zero-order valence-corrected chi connectivity index (χ0v) is 8.79. The van der Waals surface area contributed by atoms with E-state index in [0.29, 0.717) is 11.3 Å². The van der Waals surface area contributed by atoms with E-state index in [-0.39, 0.29) is 11.4 Å². The minimum atomic E-state index is -1.14. The molecule has 1 N–H and O–H groups in total. The van der Waals surface area contributed by atoms with Crippen molar-refractivity contribution >= 4 is 11.5 Å². The van der Waals surface area contributed by atoms with E-state index in [1.807, 2.05) is 0 Å². The summed E-state index contributed by atoms with van der Waals surface area (Å²) in [4.78, 5) is 13.7. The van der Waals surface area contributed by atoms with Gasteiger partial charge < -0.3 is 5.11 Å². The number of hydrogen-bond donors (Lipinski definition) is 1. The Labute approximate surface area is 92.7 Å². The molecule has 1 atom stereocenters. The first kappa shape index (κ1) is 12.0. The number of azide groups is 1. The Morgan fingerprint density at radius 2 is 2.19 bits per heavy atom. The Balaban J connectivity index is 3.17. The molecule has 0 amide bonds. The van der Waals surface area contributed by atoms with Crippen LogP contribution in [0.2, 0.25) is 0 Å². The third-order valence-electron chi connectivity index (χ3n) is 2.17. The smallest absolute Gasteiger partial charge is 0.158 e. The van der Waals surface area contributed by atoms with Crippen LogP contribution in [-0.4, -0.2) is 10.9 Å². The molecule has 0 aliphatic carbocycles. The molecule has 0 aromatic heterocycles. The maximum atomic E-state index is 11.1. The number of aliphatic hydroxyl groups excluding tert-OH is 1. The topological polar surface area (TPSA) is 86.1 Å². The molecule has 0 aliphatic heterocycles. The summed E-state index contributed by atoms with van der Waals surface area (Å²) in [5.41, 5.74) is 9.10. The predicted octanol–water partition coefficient (Wildman–Crippen LogP) is 2.81. The van der Waals surface area contributed by atoms with Crippen LogP contribution in [0.4, 0.5) is 5.69 Å². The minimum absolute atomic E-state index is 0.0700. The summed E-state index contributed by atoms with van der Waals surface area (Å²) in [6.45, 7) is 4.82. The first-order chi connectivity index (χ1) is 7.57. The second-order valence-electron chi connectivity index (χ2n) is 3.23. The summed E-state index contributed by atoms with van der Waals surface area (Å²) in [5, 5.41) is 13.3. The van der Waals surface area contributed by atoms with Crippen LogP contribution in [0.25, 0.3) is 10.4 Å². The molecule has 0 spiro atoms. The summed E-state index contributed by atoms with van der Waals surface area (Å²) < 4.78 is 0. The molecule has 0 heterocycles.